The monoisotopic (exact) mass is 426 g/mol. The Labute approximate surface area is 184 Å². The summed E-state index contributed by atoms with van der Waals surface area (Å²) in [6.07, 6.45) is 6.06. The van der Waals surface area contributed by atoms with Gasteiger partial charge in [-0.25, -0.2) is 14.7 Å². The van der Waals surface area contributed by atoms with Gasteiger partial charge >= 0.3 is 6.09 Å². The Morgan fingerprint density at radius 2 is 2.00 bits per heavy atom. The number of hydrogen-bond donors (Lipinski definition) is 1. The Bertz CT molecular complexity index is 900. The van der Waals surface area contributed by atoms with E-state index in [4.69, 9.17) is 4.74 Å². The van der Waals surface area contributed by atoms with Crippen LogP contribution in [0, 0.1) is 5.92 Å². The first-order valence-corrected chi connectivity index (χ1v) is 11.0. The SMILES string of the molecule is Cn1ccnc1CNCCCN(C(=O)OC(C)(C)C)C(=O)[C@@H]1CCc2ccccc2C1. The molecule has 1 atom stereocenters. The van der Waals surface area contributed by atoms with Crippen molar-refractivity contribution >= 4 is 12.0 Å². The van der Waals surface area contributed by atoms with Crippen LogP contribution in [0.5, 0.6) is 0 Å². The Morgan fingerprint density at radius 1 is 1.26 bits per heavy atom. The van der Waals surface area contributed by atoms with Gasteiger partial charge in [0.2, 0.25) is 5.91 Å². The van der Waals surface area contributed by atoms with Crippen LogP contribution in [0.25, 0.3) is 0 Å². The number of carbonyl (C=O) groups excluding carboxylic acids is 2. The summed E-state index contributed by atoms with van der Waals surface area (Å²) in [5.41, 5.74) is 1.85. The van der Waals surface area contributed by atoms with E-state index in [1.165, 1.54) is 16.0 Å². The van der Waals surface area contributed by atoms with E-state index in [1.54, 1.807) is 6.20 Å². The highest BCUT2D eigenvalue weighted by Gasteiger charge is 2.33. The first-order valence-electron chi connectivity index (χ1n) is 11.0. The van der Waals surface area contributed by atoms with Crippen LogP contribution in [-0.4, -0.2) is 45.1 Å². The second-order valence-corrected chi connectivity index (χ2v) is 9.16. The Balaban J connectivity index is 1.60. The van der Waals surface area contributed by atoms with Crippen LogP contribution in [0.2, 0.25) is 0 Å². The van der Waals surface area contributed by atoms with Crippen molar-refractivity contribution in [2.45, 2.75) is 58.6 Å². The summed E-state index contributed by atoms with van der Waals surface area (Å²) in [5.74, 6) is 0.622. The average Bonchev–Trinajstić information content (AvgIpc) is 3.13. The van der Waals surface area contributed by atoms with Crippen molar-refractivity contribution in [3.8, 4) is 0 Å². The summed E-state index contributed by atoms with van der Waals surface area (Å²) in [6.45, 7) is 7.10. The first kappa shape index (κ1) is 23.0. The number of imidazole rings is 1. The number of aromatic nitrogens is 2. The number of fused-ring (bicyclic) bond motifs is 1. The van der Waals surface area contributed by atoms with Gasteiger partial charge in [0.1, 0.15) is 11.4 Å². The van der Waals surface area contributed by atoms with Gasteiger partial charge in [-0.3, -0.25) is 4.79 Å². The third-order valence-corrected chi connectivity index (χ3v) is 5.52. The van der Waals surface area contributed by atoms with Gasteiger partial charge in [0.05, 0.1) is 6.54 Å². The minimum atomic E-state index is -0.648. The topological polar surface area (TPSA) is 76.5 Å². The summed E-state index contributed by atoms with van der Waals surface area (Å²) in [5, 5.41) is 3.33. The van der Waals surface area contributed by atoms with E-state index in [0.29, 0.717) is 32.5 Å². The van der Waals surface area contributed by atoms with E-state index in [-0.39, 0.29) is 11.8 Å². The molecule has 0 unspecified atom stereocenters. The van der Waals surface area contributed by atoms with Gasteiger partial charge in [0.25, 0.3) is 0 Å². The van der Waals surface area contributed by atoms with E-state index in [2.05, 4.69) is 22.4 Å². The standard InChI is InChI=1S/C24H34N4O3/c1-24(2,3)31-23(30)28(14-7-12-25-17-21-26-13-15-27(21)4)22(29)20-11-10-18-8-5-6-9-19(18)16-20/h5-6,8-9,13,15,20,25H,7,10-12,14,16-17H2,1-4H3/t20-/m1/s1. The molecule has 1 aromatic heterocycles. The van der Waals surface area contributed by atoms with E-state index in [0.717, 1.165) is 18.7 Å². The number of amides is 2. The van der Waals surface area contributed by atoms with Crippen molar-refractivity contribution in [3.63, 3.8) is 0 Å². The quantitative estimate of drug-likeness (QED) is 0.686. The van der Waals surface area contributed by atoms with E-state index < -0.39 is 11.7 Å². The number of carbonyl (C=O) groups is 2. The minimum absolute atomic E-state index is 0.132. The van der Waals surface area contributed by atoms with Gasteiger partial charge in [-0.1, -0.05) is 24.3 Å². The number of aryl methyl sites for hydroxylation is 2. The molecule has 1 heterocycles. The zero-order chi connectivity index (χ0) is 22.4. The molecule has 0 saturated carbocycles. The summed E-state index contributed by atoms with van der Waals surface area (Å²) in [4.78, 5) is 31.8. The smallest absolute Gasteiger partial charge is 0.417 e. The molecule has 1 aliphatic rings. The fourth-order valence-corrected chi connectivity index (χ4v) is 3.87. The van der Waals surface area contributed by atoms with E-state index in [9.17, 15) is 9.59 Å². The molecule has 1 N–H and O–H groups in total. The highest BCUT2D eigenvalue weighted by Crippen LogP contribution is 2.27. The van der Waals surface area contributed by atoms with Crippen LogP contribution in [0.15, 0.2) is 36.7 Å². The molecule has 168 valence electrons. The summed E-state index contributed by atoms with van der Waals surface area (Å²) < 4.78 is 7.51. The molecule has 0 fully saturated rings. The molecular formula is C24H34N4O3. The molecule has 0 saturated heterocycles. The molecule has 2 aromatic rings. The summed E-state index contributed by atoms with van der Waals surface area (Å²) >= 11 is 0. The number of nitrogens with one attached hydrogen (secondary N) is 1. The molecule has 0 spiro atoms. The normalized spacial score (nSPS) is 15.9. The maximum Gasteiger partial charge on any atom is 0.417 e. The Kier molecular flexibility index (Phi) is 7.49. The number of nitrogens with zero attached hydrogens (tertiary/aromatic N) is 3. The zero-order valence-corrected chi connectivity index (χ0v) is 19.1. The number of imide groups is 1. The molecule has 0 radical (unpaired) electrons. The lowest BCUT2D eigenvalue weighted by molar-refractivity contribution is -0.135. The predicted octanol–water partition coefficient (Wildman–Crippen LogP) is 3.47. The highest BCUT2D eigenvalue weighted by molar-refractivity contribution is 5.93. The first-order chi connectivity index (χ1) is 14.7. The fraction of sp³-hybridized carbons (Fsp3) is 0.542. The average molecular weight is 427 g/mol. The lowest BCUT2D eigenvalue weighted by Crippen LogP contribution is -2.45. The fourth-order valence-electron chi connectivity index (χ4n) is 3.87. The summed E-state index contributed by atoms with van der Waals surface area (Å²) in [6, 6.07) is 8.24. The van der Waals surface area contributed by atoms with Crippen LogP contribution in [-0.2, 0) is 36.0 Å². The molecular weight excluding hydrogens is 392 g/mol. The minimum Gasteiger partial charge on any atom is -0.443 e. The molecule has 7 heteroatoms. The molecule has 7 nitrogen and oxygen atoms in total. The highest BCUT2D eigenvalue weighted by atomic mass is 16.6. The molecule has 2 amide bonds. The molecule has 31 heavy (non-hydrogen) atoms. The third-order valence-electron chi connectivity index (χ3n) is 5.52. The number of benzene rings is 1. The van der Waals surface area contributed by atoms with Gasteiger partial charge in [-0.2, -0.15) is 0 Å². The van der Waals surface area contributed by atoms with Crippen molar-refractivity contribution in [2.75, 3.05) is 13.1 Å². The molecule has 1 aliphatic carbocycles. The van der Waals surface area contributed by atoms with Crippen LogP contribution >= 0.6 is 0 Å². The third kappa shape index (κ3) is 6.40. The largest absolute Gasteiger partial charge is 0.443 e. The van der Waals surface area contributed by atoms with Crippen molar-refractivity contribution in [1.29, 1.82) is 0 Å². The lowest BCUT2D eigenvalue weighted by atomic mass is 9.83. The predicted molar refractivity (Wildman–Crippen MR) is 119 cm³/mol. The lowest BCUT2D eigenvalue weighted by Gasteiger charge is -2.31. The molecule has 1 aromatic carbocycles. The van der Waals surface area contributed by atoms with Crippen LogP contribution in [0.3, 0.4) is 0 Å². The second kappa shape index (κ2) is 10.1. The Morgan fingerprint density at radius 3 is 2.68 bits per heavy atom. The van der Waals surface area contributed by atoms with Gasteiger partial charge in [-0.15, -0.1) is 0 Å². The maximum absolute atomic E-state index is 13.3. The number of ether oxygens (including phenoxy) is 1. The van der Waals surface area contributed by atoms with E-state index in [1.807, 2.05) is 50.7 Å². The number of hydrogen-bond acceptors (Lipinski definition) is 5. The molecule has 0 bridgehead atoms. The van der Waals surface area contributed by atoms with Gasteiger partial charge in [-0.05, 0) is 64.1 Å². The zero-order valence-electron chi connectivity index (χ0n) is 19.1. The Hall–Kier alpha value is -2.67. The van der Waals surface area contributed by atoms with Gasteiger partial charge in [0.15, 0.2) is 0 Å². The number of rotatable bonds is 7. The van der Waals surface area contributed by atoms with Crippen LogP contribution in [0.1, 0.15) is 50.6 Å². The van der Waals surface area contributed by atoms with Crippen molar-refractivity contribution < 1.29 is 14.3 Å². The van der Waals surface area contributed by atoms with Crippen LogP contribution < -0.4 is 5.32 Å². The molecule has 3 rings (SSSR count). The van der Waals surface area contributed by atoms with Crippen molar-refractivity contribution in [1.82, 2.24) is 19.8 Å². The molecule has 0 aliphatic heterocycles. The van der Waals surface area contributed by atoms with Crippen molar-refractivity contribution in [3.05, 3.63) is 53.6 Å². The van der Waals surface area contributed by atoms with Crippen molar-refractivity contribution in [2.24, 2.45) is 13.0 Å². The maximum atomic E-state index is 13.3. The second-order valence-electron chi connectivity index (χ2n) is 9.16. The van der Waals surface area contributed by atoms with E-state index >= 15 is 0 Å². The summed E-state index contributed by atoms with van der Waals surface area (Å²) in [7, 11) is 1.95. The van der Waals surface area contributed by atoms with Crippen LogP contribution in [0.4, 0.5) is 4.79 Å². The van der Waals surface area contributed by atoms with Gasteiger partial charge < -0.3 is 14.6 Å². The van der Waals surface area contributed by atoms with Gasteiger partial charge in [0, 0.05) is 31.9 Å².